The number of rotatable bonds is 5. The van der Waals surface area contributed by atoms with Crippen molar-refractivity contribution in [1.29, 1.82) is 0 Å². The van der Waals surface area contributed by atoms with E-state index in [2.05, 4.69) is 23.8 Å². The Morgan fingerprint density at radius 2 is 1.89 bits per heavy atom. The highest BCUT2D eigenvalue weighted by Crippen LogP contribution is 2.34. The van der Waals surface area contributed by atoms with Crippen LogP contribution in [0, 0.1) is 5.92 Å². The topological polar surface area (TPSA) is 58.2 Å². The molecular weight excluding hydrogens is 364 g/mol. The van der Waals surface area contributed by atoms with E-state index in [4.69, 9.17) is 0 Å². The van der Waals surface area contributed by atoms with Gasteiger partial charge in [0.25, 0.3) is 0 Å². The van der Waals surface area contributed by atoms with Crippen LogP contribution in [0.5, 0.6) is 0 Å². The summed E-state index contributed by atoms with van der Waals surface area (Å²) in [5, 5.41) is 4.84. The Balaban J connectivity index is 2.30. The summed E-state index contributed by atoms with van der Waals surface area (Å²) >= 11 is 0. The summed E-state index contributed by atoms with van der Waals surface area (Å²) in [7, 11) is 0. The average molecular weight is 382 g/mol. The molecule has 4 nitrogen and oxygen atoms in total. The van der Waals surface area contributed by atoms with Crippen molar-refractivity contribution in [1.82, 2.24) is 10.6 Å². The zero-order valence-electron chi connectivity index (χ0n) is 14.3. The number of carbonyl (C=O) groups is 2. The molecule has 2 atom stereocenters. The van der Waals surface area contributed by atoms with Crippen LogP contribution in [0.1, 0.15) is 23.5 Å². The van der Waals surface area contributed by atoms with Gasteiger partial charge in [-0.15, -0.1) is 0 Å². The van der Waals surface area contributed by atoms with E-state index in [1.54, 1.807) is 0 Å². The summed E-state index contributed by atoms with van der Waals surface area (Å²) in [4.78, 5) is 24.8. The molecule has 1 aromatic carbocycles. The molecule has 1 saturated heterocycles. The number of benzene rings is 1. The molecule has 1 aliphatic heterocycles. The quantitative estimate of drug-likeness (QED) is 0.465. The van der Waals surface area contributed by atoms with Crippen molar-refractivity contribution in [3.63, 3.8) is 0 Å². The van der Waals surface area contributed by atoms with E-state index in [0.29, 0.717) is 12.0 Å². The van der Waals surface area contributed by atoms with Gasteiger partial charge in [0.05, 0.1) is 11.3 Å². The first-order chi connectivity index (χ1) is 12.6. The smallest absolute Gasteiger partial charge is 0.355 e. The average Bonchev–Trinajstić information content (AvgIpc) is 2.60. The minimum Gasteiger partial charge on any atom is -0.355 e. The lowest BCUT2D eigenvalue weighted by Gasteiger charge is -2.30. The lowest BCUT2D eigenvalue weighted by molar-refractivity contribution is -0.139. The molecule has 144 valence electrons. The van der Waals surface area contributed by atoms with Crippen molar-refractivity contribution in [2.45, 2.75) is 18.5 Å². The number of alkyl halides is 3. The highest BCUT2D eigenvalue weighted by atomic mass is 19.4. The number of hydrogen-bond donors (Lipinski definition) is 2. The molecule has 1 aromatic rings. The molecule has 0 bridgehead atoms. The predicted molar refractivity (Wildman–Crippen MR) is 92.0 cm³/mol. The largest absolute Gasteiger partial charge is 0.416 e. The molecule has 1 fully saturated rings. The third-order valence-electron chi connectivity index (χ3n) is 4.22. The van der Waals surface area contributed by atoms with Crippen LogP contribution in [0.4, 0.5) is 17.6 Å². The van der Waals surface area contributed by atoms with Crippen LogP contribution in [-0.4, -0.2) is 18.4 Å². The zero-order chi connectivity index (χ0) is 20.2. The van der Waals surface area contributed by atoms with Crippen LogP contribution in [0.2, 0.25) is 0 Å². The highest BCUT2D eigenvalue weighted by Gasteiger charge is 2.39. The van der Waals surface area contributed by atoms with Gasteiger partial charge in [-0.3, -0.25) is 9.59 Å². The lowest BCUT2D eigenvalue weighted by atomic mass is 9.79. The van der Waals surface area contributed by atoms with Gasteiger partial charge in [0.15, 0.2) is 0 Å². The maximum atomic E-state index is 13.4. The number of amides is 2. The van der Waals surface area contributed by atoms with E-state index >= 15 is 0 Å². The van der Waals surface area contributed by atoms with Crippen LogP contribution in [0.3, 0.4) is 0 Å². The van der Waals surface area contributed by atoms with Gasteiger partial charge in [0.2, 0.25) is 11.8 Å². The molecule has 0 radical (unpaired) electrons. The van der Waals surface area contributed by atoms with Crippen molar-refractivity contribution in [3.05, 3.63) is 72.2 Å². The third-order valence-corrected chi connectivity index (χ3v) is 4.22. The van der Waals surface area contributed by atoms with E-state index in [0.717, 1.165) is 12.1 Å². The summed E-state index contributed by atoms with van der Waals surface area (Å²) in [5.74, 6) is -4.12. The van der Waals surface area contributed by atoms with Gasteiger partial charge in [0.1, 0.15) is 11.7 Å². The number of piperidine rings is 1. The van der Waals surface area contributed by atoms with Crippen molar-refractivity contribution in [2.24, 2.45) is 5.92 Å². The number of allylic oxidation sites excluding steroid dienone is 3. The minimum absolute atomic E-state index is 0.237. The number of halogens is 4. The van der Waals surface area contributed by atoms with E-state index < -0.39 is 41.2 Å². The second kappa shape index (κ2) is 8.20. The standard InChI is InChI=1S/C19H18F4N2O2/c1-3-4-15(11(2)20)25-18(27)16-14(9-10-24-17(16)26)12-5-7-13(8-6-12)19(21,22)23/h3-8,14,16H,1-2,9-10H2,(H,24,26)(H,25,27)/b15-4+. The summed E-state index contributed by atoms with van der Waals surface area (Å²) in [6.45, 7) is 6.78. The Labute approximate surface area is 153 Å². The van der Waals surface area contributed by atoms with E-state index in [1.807, 2.05) is 0 Å². The van der Waals surface area contributed by atoms with Gasteiger partial charge in [-0.25, -0.2) is 4.39 Å². The summed E-state index contributed by atoms with van der Waals surface area (Å²) < 4.78 is 51.6. The van der Waals surface area contributed by atoms with Gasteiger partial charge in [0, 0.05) is 12.5 Å². The van der Waals surface area contributed by atoms with Gasteiger partial charge in [-0.1, -0.05) is 31.4 Å². The van der Waals surface area contributed by atoms with E-state index in [1.165, 1.54) is 24.3 Å². The molecule has 8 heteroatoms. The Bertz CT molecular complexity index is 782. The molecule has 0 spiro atoms. The molecule has 0 aromatic heterocycles. The van der Waals surface area contributed by atoms with Gasteiger partial charge in [-0.2, -0.15) is 13.2 Å². The van der Waals surface area contributed by atoms with Gasteiger partial charge in [-0.05, 0) is 30.2 Å². The summed E-state index contributed by atoms with van der Waals surface area (Å²) in [6.07, 6.45) is -1.69. The highest BCUT2D eigenvalue weighted by molar-refractivity contribution is 6.02. The first-order valence-corrected chi connectivity index (χ1v) is 8.08. The summed E-state index contributed by atoms with van der Waals surface area (Å²) in [6, 6.07) is 4.31. The number of carbonyl (C=O) groups excluding carboxylic acids is 2. The molecule has 2 rings (SSSR count). The predicted octanol–water partition coefficient (Wildman–Crippen LogP) is 3.59. The van der Waals surface area contributed by atoms with Crippen LogP contribution in [-0.2, 0) is 15.8 Å². The maximum Gasteiger partial charge on any atom is 0.416 e. The van der Waals surface area contributed by atoms with Crippen molar-refractivity contribution >= 4 is 11.8 Å². The van der Waals surface area contributed by atoms with E-state index in [9.17, 15) is 27.2 Å². The SMILES string of the molecule is C=C/C=C(/NC(=O)C1C(=O)NCCC1c1ccc(C(F)(F)F)cc1)C(=C)F. The molecule has 0 aliphatic carbocycles. The van der Waals surface area contributed by atoms with Crippen molar-refractivity contribution < 1.29 is 27.2 Å². The normalized spacial score (nSPS) is 20.6. The third kappa shape index (κ3) is 4.84. The van der Waals surface area contributed by atoms with Crippen molar-refractivity contribution in [3.8, 4) is 0 Å². The minimum atomic E-state index is -4.48. The first-order valence-electron chi connectivity index (χ1n) is 8.08. The molecule has 0 saturated carbocycles. The fraction of sp³-hybridized carbons (Fsp3) is 0.263. The Morgan fingerprint density at radius 3 is 2.41 bits per heavy atom. The van der Waals surface area contributed by atoms with Crippen LogP contribution >= 0.6 is 0 Å². The van der Waals surface area contributed by atoms with Crippen LogP contribution in [0.25, 0.3) is 0 Å². The van der Waals surface area contributed by atoms with Crippen molar-refractivity contribution in [2.75, 3.05) is 6.54 Å². The fourth-order valence-corrected chi connectivity index (χ4v) is 2.92. The number of hydrogen-bond acceptors (Lipinski definition) is 2. The molecule has 2 unspecified atom stereocenters. The molecular formula is C19H18F4N2O2. The molecule has 27 heavy (non-hydrogen) atoms. The zero-order valence-corrected chi connectivity index (χ0v) is 14.3. The molecule has 1 heterocycles. The Kier molecular flexibility index (Phi) is 6.20. The fourth-order valence-electron chi connectivity index (χ4n) is 2.92. The molecule has 1 aliphatic rings. The lowest BCUT2D eigenvalue weighted by Crippen LogP contribution is -2.48. The monoisotopic (exact) mass is 382 g/mol. The maximum absolute atomic E-state index is 13.4. The van der Waals surface area contributed by atoms with Crippen LogP contribution in [0.15, 0.2) is 61.1 Å². The van der Waals surface area contributed by atoms with E-state index in [-0.39, 0.29) is 12.2 Å². The first kappa shape index (κ1) is 20.4. The van der Waals surface area contributed by atoms with Gasteiger partial charge >= 0.3 is 6.18 Å². The number of nitrogens with one attached hydrogen (secondary N) is 2. The molecule has 2 amide bonds. The second-order valence-corrected chi connectivity index (χ2v) is 5.99. The van der Waals surface area contributed by atoms with Gasteiger partial charge < -0.3 is 10.6 Å². The second-order valence-electron chi connectivity index (χ2n) is 5.99. The summed E-state index contributed by atoms with van der Waals surface area (Å²) in [5.41, 5.74) is -0.636. The Morgan fingerprint density at radius 1 is 1.26 bits per heavy atom. The molecule has 2 N–H and O–H groups in total. The Hall–Kier alpha value is -2.90. The van der Waals surface area contributed by atoms with Crippen LogP contribution < -0.4 is 10.6 Å².